The minimum absolute atomic E-state index is 0.0939. The average molecular weight is 315 g/mol. The van der Waals surface area contributed by atoms with Crippen LogP contribution in [-0.4, -0.2) is 16.1 Å². The van der Waals surface area contributed by atoms with E-state index in [1.54, 1.807) is 23.5 Å². The van der Waals surface area contributed by atoms with Gasteiger partial charge in [-0.05, 0) is 30.0 Å². The summed E-state index contributed by atoms with van der Waals surface area (Å²) in [5.74, 6) is 0.194. The van der Waals surface area contributed by atoms with Crippen molar-refractivity contribution in [2.24, 2.45) is 0 Å². The lowest BCUT2D eigenvalue weighted by Crippen LogP contribution is -2.09. The van der Waals surface area contributed by atoms with Crippen molar-refractivity contribution < 1.29 is 14.1 Å². The van der Waals surface area contributed by atoms with Gasteiger partial charge in [0.15, 0.2) is 6.61 Å². The second kappa shape index (κ2) is 5.98. The first-order valence-electron chi connectivity index (χ1n) is 6.52. The highest BCUT2D eigenvalue weighted by molar-refractivity contribution is 7.08. The van der Waals surface area contributed by atoms with E-state index < -0.39 is 5.97 Å². The number of aromatic nitrogens is 2. The SMILES string of the molecule is Cc1cccc(C(=O)OCc2nc(-c3ccsc3)no2)c1N. The third-order valence-electron chi connectivity index (χ3n) is 3.12. The summed E-state index contributed by atoms with van der Waals surface area (Å²) >= 11 is 1.54. The Kier molecular flexibility index (Phi) is 3.88. The molecule has 0 bridgehead atoms. The molecule has 3 aromatic rings. The molecule has 0 aliphatic carbocycles. The van der Waals surface area contributed by atoms with Crippen molar-refractivity contribution in [3.05, 3.63) is 52.0 Å². The Morgan fingerprint density at radius 2 is 2.27 bits per heavy atom. The van der Waals surface area contributed by atoms with Crippen molar-refractivity contribution in [3.63, 3.8) is 0 Å². The molecule has 7 heteroatoms. The number of hydrogen-bond acceptors (Lipinski definition) is 7. The highest BCUT2D eigenvalue weighted by Crippen LogP contribution is 2.20. The summed E-state index contributed by atoms with van der Waals surface area (Å²) in [6.45, 7) is 1.74. The van der Waals surface area contributed by atoms with E-state index in [1.165, 1.54) is 0 Å². The number of hydrogen-bond donors (Lipinski definition) is 1. The number of benzene rings is 1. The molecule has 1 aromatic carbocycles. The Labute approximate surface area is 130 Å². The molecule has 6 nitrogen and oxygen atoms in total. The number of carbonyl (C=O) groups is 1. The number of anilines is 1. The number of ether oxygens (including phenoxy) is 1. The predicted octanol–water partition coefficient (Wildman–Crippen LogP) is 3.05. The van der Waals surface area contributed by atoms with Crippen molar-refractivity contribution in [3.8, 4) is 11.4 Å². The predicted molar refractivity (Wildman–Crippen MR) is 82.3 cm³/mol. The van der Waals surface area contributed by atoms with Gasteiger partial charge < -0.3 is 15.0 Å². The minimum atomic E-state index is -0.517. The average Bonchev–Trinajstić information content (AvgIpc) is 3.18. The third-order valence-corrected chi connectivity index (χ3v) is 3.80. The summed E-state index contributed by atoms with van der Waals surface area (Å²) in [5, 5.41) is 7.68. The fraction of sp³-hybridized carbons (Fsp3) is 0.133. The van der Waals surface area contributed by atoms with Crippen LogP contribution in [0.15, 0.2) is 39.5 Å². The highest BCUT2D eigenvalue weighted by atomic mass is 32.1. The summed E-state index contributed by atoms with van der Waals surface area (Å²) in [4.78, 5) is 16.2. The molecule has 0 saturated carbocycles. The lowest BCUT2D eigenvalue weighted by Gasteiger charge is -2.07. The molecule has 0 aliphatic heterocycles. The maximum atomic E-state index is 12.0. The fourth-order valence-corrected chi connectivity index (χ4v) is 2.52. The number of rotatable bonds is 4. The number of carbonyl (C=O) groups excluding carboxylic acids is 1. The van der Waals surface area contributed by atoms with E-state index >= 15 is 0 Å². The lowest BCUT2D eigenvalue weighted by molar-refractivity contribution is 0.0431. The third kappa shape index (κ3) is 2.84. The smallest absolute Gasteiger partial charge is 0.340 e. The van der Waals surface area contributed by atoms with E-state index in [2.05, 4.69) is 10.1 Å². The Morgan fingerprint density at radius 1 is 1.41 bits per heavy atom. The Balaban J connectivity index is 1.68. The first-order chi connectivity index (χ1) is 10.6. The van der Waals surface area contributed by atoms with Gasteiger partial charge >= 0.3 is 5.97 Å². The van der Waals surface area contributed by atoms with Crippen LogP contribution >= 0.6 is 11.3 Å². The maximum absolute atomic E-state index is 12.0. The number of aryl methyl sites for hydroxylation is 1. The second-order valence-corrected chi connectivity index (χ2v) is 5.42. The molecule has 0 aliphatic rings. The number of nitrogens with zero attached hydrogens (tertiary/aromatic N) is 2. The van der Waals surface area contributed by atoms with Crippen LogP contribution in [0.3, 0.4) is 0 Å². The largest absolute Gasteiger partial charge is 0.452 e. The van der Waals surface area contributed by atoms with Crippen LogP contribution in [0.5, 0.6) is 0 Å². The summed E-state index contributed by atoms with van der Waals surface area (Å²) in [6.07, 6.45) is 0. The molecule has 22 heavy (non-hydrogen) atoms. The van der Waals surface area contributed by atoms with Crippen molar-refractivity contribution in [1.29, 1.82) is 0 Å². The van der Waals surface area contributed by atoms with Gasteiger partial charge in [-0.15, -0.1) is 0 Å². The van der Waals surface area contributed by atoms with Gasteiger partial charge in [0.1, 0.15) is 0 Å². The van der Waals surface area contributed by atoms with Crippen LogP contribution in [0, 0.1) is 6.92 Å². The molecule has 112 valence electrons. The fourth-order valence-electron chi connectivity index (χ4n) is 1.89. The normalized spacial score (nSPS) is 10.6. The van der Waals surface area contributed by atoms with Gasteiger partial charge in [0.2, 0.25) is 5.82 Å². The van der Waals surface area contributed by atoms with Crippen molar-refractivity contribution >= 4 is 23.0 Å². The maximum Gasteiger partial charge on any atom is 0.340 e. The van der Waals surface area contributed by atoms with Gasteiger partial charge in [-0.1, -0.05) is 17.3 Å². The molecule has 2 aromatic heterocycles. The molecule has 0 saturated heterocycles. The zero-order valence-corrected chi connectivity index (χ0v) is 12.6. The standard InChI is InChI=1S/C15H13N3O3S/c1-9-3-2-4-11(13(9)16)15(19)20-7-12-17-14(18-21-12)10-5-6-22-8-10/h2-6,8H,7,16H2,1H3. The lowest BCUT2D eigenvalue weighted by atomic mass is 10.1. The molecule has 2 heterocycles. The molecular formula is C15H13N3O3S. The van der Waals surface area contributed by atoms with Gasteiger partial charge in [0.25, 0.3) is 5.89 Å². The molecule has 0 atom stereocenters. The quantitative estimate of drug-likeness (QED) is 0.587. The van der Waals surface area contributed by atoms with E-state index in [1.807, 2.05) is 29.8 Å². The van der Waals surface area contributed by atoms with Crippen LogP contribution in [0.25, 0.3) is 11.4 Å². The van der Waals surface area contributed by atoms with Crippen LogP contribution in [0.1, 0.15) is 21.8 Å². The first-order valence-corrected chi connectivity index (χ1v) is 7.47. The summed E-state index contributed by atoms with van der Waals surface area (Å²) in [7, 11) is 0. The van der Waals surface area contributed by atoms with Crippen molar-refractivity contribution in [2.45, 2.75) is 13.5 Å². The second-order valence-electron chi connectivity index (χ2n) is 4.64. The highest BCUT2D eigenvalue weighted by Gasteiger charge is 2.15. The summed E-state index contributed by atoms with van der Waals surface area (Å²) < 4.78 is 10.2. The Hall–Kier alpha value is -2.67. The molecule has 0 radical (unpaired) electrons. The molecule has 0 unspecified atom stereocenters. The van der Waals surface area contributed by atoms with E-state index in [0.717, 1.165) is 11.1 Å². The van der Waals surface area contributed by atoms with Crippen LogP contribution < -0.4 is 5.73 Å². The van der Waals surface area contributed by atoms with Gasteiger partial charge in [-0.3, -0.25) is 0 Å². The van der Waals surface area contributed by atoms with E-state index in [0.29, 0.717) is 17.1 Å². The van der Waals surface area contributed by atoms with Crippen LogP contribution in [0.2, 0.25) is 0 Å². The first kappa shape index (κ1) is 14.3. The van der Waals surface area contributed by atoms with E-state index in [-0.39, 0.29) is 12.5 Å². The molecule has 0 spiro atoms. The summed E-state index contributed by atoms with van der Waals surface area (Å²) in [5.41, 5.74) is 8.31. The zero-order chi connectivity index (χ0) is 15.5. The van der Waals surface area contributed by atoms with Crippen LogP contribution in [0.4, 0.5) is 5.69 Å². The zero-order valence-electron chi connectivity index (χ0n) is 11.8. The number of para-hydroxylation sites is 1. The van der Waals surface area contributed by atoms with Gasteiger partial charge in [0, 0.05) is 16.6 Å². The van der Waals surface area contributed by atoms with Crippen LogP contribution in [-0.2, 0) is 11.3 Å². The molecule has 0 fully saturated rings. The van der Waals surface area contributed by atoms with Crippen molar-refractivity contribution in [2.75, 3.05) is 5.73 Å². The van der Waals surface area contributed by atoms with Crippen molar-refractivity contribution in [1.82, 2.24) is 10.1 Å². The Bertz CT molecular complexity index is 796. The monoisotopic (exact) mass is 315 g/mol. The molecule has 3 rings (SSSR count). The molecule has 2 N–H and O–H groups in total. The number of nitrogens with two attached hydrogens (primary N) is 1. The molecule has 0 amide bonds. The number of esters is 1. The van der Waals surface area contributed by atoms with Gasteiger partial charge in [0.05, 0.1) is 5.56 Å². The summed E-state index contributed by atoms with van der Waals surface area (Å²) in [6, 6.07) is 7.09. The van der Waals surface area contributed by atoms with E-state index in [4.69, 9.17) is 15.0 Å². The van der Waals surface area contributed by atoms with Gasteiger partial charge in [-0.25, -0.2) is 4.79 Å². The topological polar surface area (TPSA) is 91.2 Å². The van der Waals surface area contributed by atoms with Gasteiger partial charge in [-0.2, -0.15) is 16.3 Å². The minimum Gasteiger partial charge on any atom is -0.452 e. The number of thiophene rings is 1. The number of nitrogen functional groups attached to an aromatic ring is 1. The molecular weight excluding hydrogens is 302 g/mol. The van der Waals surface area contributed by atoms with E-state index in [9.17, 15) is 4.79 Å². The Morgan fingerprint density at radius 3 is 3.05 bits per heavy atom.